The third kappa shape index (κ3) is 9.52. The third-order valence-electron chi connectivity index (χ3n) is 7.37. The number of hydrogen-bond acceptors (Lipinski definition) is 7. The minimum absolute atomic E-state index is 0.0182. The average molecular weight is 633 g/mol. The van der Waals surface area contributed by atoms with E-state index in [1.807, 2.05) is 50.2 Å². The van der Waals surface area contributed by atoms with E-state index in [0.29, 0.717) is 34.3 Å². The molecule has 234 valence electrons. The fourth-order valence-electron chi connectivity index (χ4n) is 5.75. The van der Waals surface area contributed by atoms with Crippen LogP contribution in [-0.4, -0.2) is 60.6 Å². The summed E-state index contributed by atoms with van der Waals surface area (Å²) in [6, 6.07) is 14.6. The van der Waals surface area contributed by atoms with Crippen molar-refractivity contribution in [3.63, 3.8) is 0 Å². The standard InChI is InChI=1S/C33H43Cl2N3O5/c1-32(2,3)22-33(4,5)43-31(40)42-23-38-28-21-25(13-11-24(28)12-14-29(38)39)41-20-7-6-15-36-16-18-37(19-17-36)27-10-8-9-26(34)30(27)35/h8-14,21H,6-7,15-20,22-23H2,1-5H3. The number of nitrogens with zero attached hydrogens (tertiary/aromatic N) is 3. The minimum atomic E-state index is -0.805. The van der Waals surface area contributed by atoms with Gasteiger partial charge in [0.2, 0.25) is 0 Å². The number of carbonyl (C=O) groups excluding carboxylic acids is 1. The molecule has 1 aliphatic heterocycles. The summed E-state index contributed by atoms with van der Waals surface area (Å²) in [6.45, 7) is 15.0. The molecular formula is C33H43Cl2N3O5. The molecule has 0 N–H and O–H groups in total. The highest BCUT2D eigenvalue weighted by molar-refractivity contribution is 6.43. The Hall–Kier alpha value is -2.94. The zero-order chi connectivity index (χ0) is 31.2. The number of carbonyl (C=O) groups is 1. The van der Waals surface area contributed by atoms with Crippen molar-refractivity contribution in [2.24, 2.45) is 5.41 Å². The fourth-order valence-corrected chi connectivity index (χ4v) is 6.17. The Kier molecular flexibility index (Phi) is 10.9. The maximum Gasteiger partial charge on any atom is 0.510 e. The summed E-state index contributed by atoms with van der Waals surface area (Å²) in [6.07, 6.45) is 1.77. The lowest BCUT2D eigenvalue weighted by atomic mass is 9.84. The van der Waals surface area contributed by atoms with Crippen LogP contribution in [0, 0.1) is 5.41 Å². The second-order valence-corrected chi connectivity index (χ2v) is 13.7. The van der Waals surface area contributed by atoms with E-state index in [1.54, 1.807) is 6.07 Å². The Morgan fingerprint density at radius 1 is 0.930 bits per heavy atom. The number of anilines is 1. The first-order valence-electron chi connectivity index (χ1n) is 14.8. The van der Waals surface area contributed by atoms with Crippen molar-refractivity contribution < 1.29 is 19.0 Å². The van der Waals surface area contributed by atoms with Crippen LogP contribution in [0.25, 0.3) is 10.9 Å². The Bertz CT molecular complexity index is 1460. The predicted octanol–water partition coefficient (Wildman–Crippen LogP) is 7.62. The van der Waals surface area contributed by atoms with E-state index in [1.165, 1.54) is 10.6 Å². The number of ether oxygens (including phenoxy) is 3. The van der Waals surface area contributed by atoms with Gasteiger partial charge < -0.3 is 19.1 Å². The molecular weight excluding hydrogens is 589 g/mol. The Balaban J connectivity index is 1.25. The van der Waals surface area contributed by atoms with Crippen molar-refractivity contribution in [3.8, 4) is 5.75 Å². The molecule has 43 heavy (non-hydrogen) atoms. The van der Waals surface area contributed by atoms with Gasteiger partial charge in [0.1, 0.15) is 11.4 Å². The van der Waals surface area contributed by atoms with E-state index in [-0.39, 0.29) is 17.7 Å². The minimum Gasteiger partial charge on any atom is -0.494 e. The number of fused-ring (bicyclic) bond motifs is 1. The molecule has 8 nitrogen and oxygen atoms in total. The summed E-state index contributed by atoms with van der Waals surface area (Å²) in [5, 5.41) is 2.04. The van der Waals surface area contributed by atoms with E-state index >= 15 is 0 Å². The van der Waals surface area contributed by atoms with E-state index < -0.39 is 11.8 Å². The SMILES string of the molecule is CC(C)(C)CC(C)(C)OC(=O)OCn1c(=O)ccc2ccc(OCCCCN3CCN(c4cccc(Cl)c4Cl)CC3)cc21. The third-order valence-corrected chi connectivity index (χ3v) is 8.18. The van der Waals surface area contributed by atoms with Crippen LogP contribution in [0.4, 0.5) is 10.5 Å². The van der Waals surface area contributed by atoms with Gasteiger partial charge in [-0.25, -0.2) is 4.79 Å². The van der Waals surface area contributed by atoms with E-state index in [2.05, 4.69) is 30.6 Å². The number of unbranched alkanes of at least 4 members (excludes halogenated alkanes) is 1. The molecule has 0 aliphatic carbocycles. The second kappa shape index (κ2) is 14.2. The lowest BCUT2D eigenvalue weighted by Gasteiger charge is -2.36. The highest BCUT2D eigenvalue weighted by atomic mass is 35.5. The number of pyridine rings is 1. The van der Waals surface area contributed by atoms with Gasteiger partial charge in [-0.15, -0.1) is 0 Å². The largest absolute Gasteiger partial charge is 0.510 e. The first kappa shape index (κ1) is 33.0. The molecule has 4 rings (SSSR count). The van der Waals surface area contributed by atoms with Crippen molar-refractivity contribution in [1.82, 2.24) is 9.47 Å². The maximum absolute atomic E-state index is 12.7. The van der Waals surface area contributed by atoms with Gasteiger partial charge in [-0.1, -0.05) is 50.0 Å². The van der Waals surface area contributed by atoms with Gasteiger partial charge in [-0.05, 0) is 80.8 Å². The summed E-state index contributed by atoms with van der Waals surface area (Å²) >= 11 is 12.6. The van der Waals surface area contributed by atoms with Crippen LogP contribution in [0.5, 0.6) is 5.75 Å². The van der Waals surface area contributed by atoms with Crippen LogP contribution < -0.4 is 15.2 Å². The molecule has 1 saturated heterocycles. The Labute approximate surface area is 264 Å². The predicted molar refractivity (Wildman–Crippen MR) is 174 cm³/mol. The summed E-state index contributed by atoms with van der Waals surface area (Å²) in [5.74, 6) is 0.660. The average Bonchev–Trinajstić information content (AvgIpc) is 2.92. The molecule has 0 bridgehead atoms. The zero-order valence-corrected chi connectivity index (χ0v) is 27.3. The van der Waals surface area contributed by atoms with Crippen LogP contribution >= 0.6 is 23.2 Å². The van der Waals surface area contributed by atoms with Crippen molar-refractivity contribution in [1.29, 1.82) is 0 Å². The normalized spacial score (nSPS) is 14.6. The number of piperazine rings is 1. The highest BCUT2D eigenvalue weighted by Gasteiger charge is 2.30. The molecule has 1 aromatic heterocycles. The number of hydrogen-bond donors (Lipinski definition) is 0. The van der Waals surface area contributed by atoms with Gasteiger partial charge >= 0.3 is 6.16 Å². The van der Waals surface area contributed by atoms with Gasteiger partial charge in [0, 0.05) is 38.3 Å². The van der Waals surface area contributed by atoms with Gasteiger partial charge in [0.15, 0.2) is 6.73 Å². The van der Waals surface area contributed by atoms with Crippen LogP contribution in [0.15, 0.2) is 53.3 Å². The summed E-state index contributed by atoms with van der Waals surface area (Å²) in [5.41, 5.74) is 0.637. The van der Waals surface area contributed by atoms with Gasteiger partial charge in [0.05, 0.1) is 27.9 Å². The monoisotopic (exact) mass is 631 g/mol. The first-order valence-corrected chi connectivity index (χ1v) is 15.6. The van der Waals surface area contributed by atoms with Crippen LogP contribution in [0.2, 0.25) is 10.0 Å². The van der Waals surface area contributed by atoms with Crippen LogP contribution in [0.3, 0.4) is 0 Å². The molecule has 0 saturated carbocycles. The molecule has 0 atom stereocenters. The van der Waals surface area contributed by atoms with E-state index in [0.717, 1.165) is 56.6 Å². The zero-order valence-electron chi connectivity index (χ0n) is 25.8. The smallest absolute Gasteiger partial charge is 0.494 e. The van der Waals surface area contributed by atoms with Gasteiger partial charge in [0.25, 0.3) is 5.56 Å². The second-order valence-electron chi connectivity index (χ2n) is 12.9. The summed E-state index contributed by atoms with van der Waals surface area (Å²) < 4.78 is 18.4. The molecule has 0 spiro atoms. The van der Waals surface area contributed by atoms with E-state index in [4.69, 9.17) is 37.4 Å². The Morgan fingerprint density at radius 3 is 2.37 bits per heavy atom. The molecule has 10 heteroatoms. The lowest BCUT2D eigenvalue weighted by Crippen LogP contribution is -2.46. The van der Waals surface area contributed by atoms with E-state index in [9.17, 15) is 9.59 Å². The fraction of sp³-hybridized carbons (Fsp3) is 0.515. The van der Waals surface area contributed by atoms with Crippen LogP contribution in [0.1, 0.15) is 53.9 Å². The van der Waals surface area contributed by atoms with Crippen LogP contribution in [-0.2, 0) is 16.2 Å². The molecule has 1 aliphatic rings. The number of aromatic nitrogens is 1. The number of benzene rings is 2. The number of halogens is 2. The first-order chi connectivity index (χ1) is 20.3. The molecule has 0 unspecified atom stereocenters. The Morgan fingerprint density at radius 2 is 1.65 bits per heavy atom. The van der Waals surface area contributed by atoms with Crippen molar-refractivity contribution in [2.75, 3.05) is 44.2 Å². The molecule has 0 radical (unpaired) electrons. The van der Waals surface area contributed by atoms with Gasteiger partial charge in [-0.2, -0.15) is 0 Å². The summed E-state index contributed by atoms with van der Waals surface area (Å²) in [4.78, 5) is 29.9. The maximum atomic E-state index is 12.7. The lowest BCUT2D eigenvalue weighted by molar-refractivity contribution is -0.0439. The molecule has 0 amide bonds. The molecule has 1 fully saturated rings. The number of rotatable bonds is 11. The highest BCUT2D eigenvalue weighted by Crippen LogP contribution is 2.33. The topological polar surface area (TPSA) is 73.2 Å². The quantitative estimate of drug-likeness (QED) is 0.159. The van der Waals surface area contributed by atoms with Gasteiger partial charge in [-0.3, -0.25) is 14.3 Å². The summed E-state index contributed by atoms with van der Waals surface area (Å²) in [7, 11) is 0. The van der Waals surface area contributed by atoms with Crippen molar-refractivity contribution in [2.45, 2.75) is 66.2 Å². The van der Waals surface area contributed by atoms with Crippen molar-refractivity contribution in [3.05, 3.63) is 68.9 Å². The molecule has 2 aromatic carbocycles. The van der Waals surface area contributed by atoms with Crippen molar-refractivity contribution >= 4 is 45.9 Å². The molecule has 2 heterocycles. The molecule has 3 aromatic rings.